The molecule has 4 heteroatoms. The first-order valence-electron chi connectivity index (χ1n) is 5.24. The zero-order chi connectivity index (χ0) is 12.2. The van der Waals surface area contributed by atoms with Crippen LogP contribution in [0, 0.1) is 0 Å². The number of primary amides is 1. The van der Waals surface area contributed by atoms with E-state index in [1.807, 2.05) is 31.2 Å². The van der Waals surface area contributed by atoms with Crippen molar-refractivity contribution < 1.29 is 9.53 Å². The molecule has 1 atom stereocenters. The highest BCUT2D eigenvalue weighted by atomic mass is 16.5. The van der Waals surface area contributed by atoms with Crippen molar-refractivity contribution in [1.82, 2.24) is 5.32 Å². The maximum absolute atomic E-state index is 11.5. The van der Waals surface area contributed by atoms with E-state index in [1.165, 1.54) is 0 Å². The van der Waals surface area contributed by atoms with Crippen molar-refractivity contribution in [2.24, 2.45) is 5.73 Å². The van der Waals surface area contributed by atoms with E-state index in [2.05, 4.69) is 5.32 Å². The zero-order valence-corrected chi connectivity index (χ0v) is 9.91. The van der Waals surface area contributed by atoms with Gasteiger partial charge >= 0.3 is 0 Å². The molecule has 0 saturated carbocycles. The average Bonchev–Trinajstić information content (AvgIpc) is 2.29. The summed E-state index contributed by atoms with van der Waals surface area (Å²) in [4.78, 5) is 11.5. The van der Waals surface area contributed by atoms with Crippen LogP contribution in [0.25, 0.3) is 0 Å². The molecule has 0 heterocycles. The second-order valence-electron chi connectivity index (χ2n) is 3.75. The fourth-order valence-electron chi connectivity index (χ4n) is 1.61. The van der Waals surface area contributed by atoms with Crippen LogP contribution in [0.5, 0.6) is 5.75 Å². The van der Waals surface area contributed by atoms with E-state index in [0.717, 1.165) is 11.3 Å². The number of benzene rings is 1. The number of amides is 1. The molecule has 0 saturated heterocycles. The second kappa shape index (κ2) is 4.99. The molecule has 0 aliphatic heterocycles. The molecule has 0 radical (unpaired) electrons. The third-order valence-electron chi connectivity index (χ3n) is 2.69. The van der Waals surface area contributed by atoms with Crippen LogP contribution < -0.4 is 15.8 Å². The zero-order valence-electron chi connectivity index (χ0n) is 9.91. The van der Waals surface area contributed by atoms with Gasteiger partial charge in [-0.3, -0.25) is 4.79 Å². The van der Waals surface area contributed by atoms with Crippen LogP contribution in [-0.4, -0.2) is 19.6 Å². The number of nitrogens with one attached hydrogen (secondary N) is 1. The predicted molar refractivity (Wildman–Crippen MR) is 63.2 cm³/mol. The minimum atomic E-state index is -0.832. The summed E-state index contributed by atoms with van der Waals surface area (Å²) in [6, 6.07) is 7.31. The van der Waals surface area contributed by atoms with Gasteiger partial charge in [0.2, 0.25) is 5.91 Å². The Labute approximate surface area is 95.8 Å². The molecule has 0 bridgehead atoms. The van der Waals surface area contributed by atoms with Crippen LogP contribution >= 0.6 is 0 Å². The Balaban J connectivity index is 3.06. The Morgan fingerprint density at radius 3 is 2.38 bits per heavy atom. The van der Waals surface area contributed by atoms with Crippen molar-refractivity contribution in [1.29, 1.82) is 0 Å². The number of hydrogen-bond acceptors (Lipinski definition) is 3. The van der Waals surface area contributed by atoms with E-state index in [4.69, 9.17) is 10.5 Å². The van der Waals surface area contributed by atoms with E-state index in [-0.39, 0.29) is 5.91 Å². The van der Waals surface area contributed by atoms with Gasteiger partial charge in [-0.15, -0.1) is 0 Å². The smallest absolute Gasteiger partial charge is 0.242 e. The molecule has 0 aliphatic rings. The number of nitrogens with two attached hydrogens (primary N) is 1. The first-order chi connectivity index (χ1) is 7.54. The predicted octanol–water partition coefficient (Wildman–Crippen LogP) is 1.01. The van der Waals surface area contributed by atoms with Gasteiger partial charge in [-0.25, -0.2) is 0 Å². The lowest BCUT2D eigenvalue weighted by molar-refractivity contribution is -0.124. The van der Waals surface area contributed by atoms with Gasteiger partial charge in [-0.2, -0.15) is 0 Å². The maximum atomic E-state index is 11.5. The topological polar surface area (TPSA) is 64.3 Å². The van der Waals surface area contributed by atoms with E-state index in [0.29, 0.717) is 6.54 Å². The third kappa shape index (κ3) is 2.33. The lowest BCUT2D eigenvalue weighted by Gasteiger charge is -2.27. The van der Waals surface area contributed by atoms with E-state index in [1.54, 1.807) is 14.0 Å². The minimum absolute atomic E-state index is 0.389. The Morgan fingerprint density at radius 2 is 2.00 bits per heavy atom. The molecule has 1 rings (SSSR count). The van der Waals surface area contributed by atoms with Gasteiger partial charge in [-0.05, 0) is 31.2 Å². The van der Waals surface area contributed by atoms with Crippen molar-refractivity contribution in [2.45, 2.75) is 19.4 Å². The molecule has 1 aromatic rings. The summed E-state index contributed by atoms with van der Waals surface area (Å²) < 4.78 is 5.07. The van der Waals surface area contributed by atoms with Crippen LogP contribution in [0.2, 0.25) is 0 Å². The summed E-state index contributed by atoms with van der Waals surface area (Å²) in [6.07, 6.45) is 0. The summed E-state index contributed by atoms with van der Waals surface area (Å²) in [6.45, 7) is 4.39. The fraction of sp³-hybridized carbons (Fsp3) is 0.417. The average molecular weight is 222 g/mol. The Morgan fingerprint density at radius 1 is 1.44 bits per heavy atom. The van der Waals surface area contributed by atoms with E-state index < -0.39 is 5.54 Å². The summed E-state index contributed by atoms with van der Waals surface area (Å²) in [7, 11) is 1.60. The first-order valence-corrected chi connectivity index (χ1v) is 5.24. The van der Waals surface area contributed by atoms with Crippen molar-refractivity contribution in [2.75, 3.05) is 13.7 Å². The molecule has 1 unspecified atom stereocenters. The molecular weight excluding hydrogens is 204 g/mol. The molecule has 1 aromatic carbocycles. The summed E-state index contributed by atoms with van der Waals surface area (Å²) in [5.74, 6) is 0.367. The summed E-state index contributed by atoms with van der Waals surface area (Å²) in [5, 5.41) is 3.10. The monoisotopic (exact) mass is 222 g/mol. The molecule has 88 valence electrons. The largest absolute Gasteiger partial charge is 0.497 e. The third-order valence-corrected chi connectivity index (χ3v) is 2.69. The van der Waals surface area contributed by atoms with Crippen molar-refractivity contribution >= 4 is 5.91 Å². The minimum Gasteiger partial charge on any atom is -0.497 e. The maximum Gasteiger partial charge on any atom is 0.242 e. The van der Waals surface area contributed by atoms with Crippen molar-refractivity contribution in [3.63, 3.8) is 0 Å². The van der Waals surface area contributed by atoms with E-state index >= 15 is 0 Å². The van der Waals surface area contributed by atoms with Crippen LogP contribution in [0.15, 0.2) is 24.3 Å². The van der Waals surface area contributed by atoms with E-state index in [9.17, 15) is 4.79 Å². The standard InChI is InChI=1S/C12H18N2O2/c1-4-14-12(2,11(13)15)9-5-7-10(16-3)8-6-9/h5-8,14H,4H2,1-3H3,(H2,13,15). The van der Waals surface area contributed by atoms with Gasteiger partial charge in [0.1, 0.15) is 11.3 Å². The van der Waals surface area contributed by atoms with Gasteiger partial charge < -0.3 is 15.8 Å². The van der Waals surface area contributed by atoms with Crippen molar-refractivity contribution in [3.8, 4) is 5.75 Å². The fourth-order valence-corrected chi connectivity index (χ4v) is 1.61. The summed E-state index contributed by atoms with van der Waals surface area (Å²) >= 11 is 0. The van der Waals surface area contributed by atoms with Crippen LogP contribution in [0.4, 0.5) is 0 Å². The van der Waals surface area contributed by atoms with Gasteiger partial charge in [0.05, 0.1) is 7.11 Å². The highest BCUT2D eigenvalue weighted by molar-refractivity contribution is 5.85. The lowest BCUT2D eigenvalue weighted by atomic mass is 9.91. The number of rotatable bonds is 5. The highest BCUT2D eigenvalue weighted by Gasteiger charge is 2.31. The van der Waals surface area contributed by atoms with Crippen LogP contribution in [-0.2, 0) is 10.3 Å². The van der Waals surface area contributed by atoms with Crippen LogP contribution in [0.1, 0.15) is 19.4 Å². The molecular formula is C12H18N2O2. The number of carbonyl (C=O) groups is 1. The Hall–Kier alpha value is -1.55. The number of methoxy groups -OCH3 is 1. The Kier molecular flexibility index (Phi) is 3.90. The molecule has 0 spiro atoms. The number of carbonyl (C=O) groups excluding carboxylic acids is 1. The molecule has 4 nitrogen and oxygen atoms in total. The molecule has 0 fully saturated rings. The molecule has 1 amide bonds. The SMILES string of the molecule is CCNC(C)(C(N)=O)c1ccc(OC)cc1. The number of likely N-dealkylation sites (N-methyl/N-ethyl adjacent to an activating group) is 1. The number of ether oxygens (including phenoxy) is 1. The van der Waals surface area contributed by atoms with Gasteiger partial charge in [0.15, 0.2) is 0 Å². The van der Waals surface area contributed by atoms with Crippen LogP contribution in [0.3, 0.4) is 0 Å². The summed E-state index contributed by atoms with van der Waals surface area (Å²) in [5.41, 5.74) is 5.43. The highest BCUT2D eigenvalue weighted by Crippen LogP contribution is 2.22. The van der Waals surface area contributed by atoms with Gasteiger partial charge in [0, 0.05) is 0 Å². The number of hydrogen-bond donors (Lipinski definition) is 2. The normalized spacial score (nSPS) is 14.2. The first kappa shape index (κ1) is 12.5. The van der Waals surface area contributed by atoms with Gasteiger partial charge in [-0.1, -0.05) is 19.1 Å². The molecule has 3 N–H and O–H groups in total. The quantitative estimate of drug-likeness (QED) is 0.781. The Bertz CT molecular complexity index is 362. The second-order valence-corrected chi connectivity index (χ2v) is 3.75. The molecule has 0 aromatic heterocycles. The lowest BCUT2D eigenvalue weighted by Crippen LogP contribution is -2.50. The molecule has 0 aliphatic carbocycles. The molecule has 16 heavy (non-hydrogen) atoms. The van der Waals surface area contributed by atoms with Gasteiger partial charge in [0.25, 0.3) is 0 Å². The van der Waals surface area contributed by atoms with Crippen molar-refractivity contribution in [3.05, 3.63) is 29.8 Å².